The summed E-state index contributed by atoms with van der Waals surface area (Å²) in [6, 6.07) is 0. The molecule has 0 saturated heterocycles. The van der Waals surface area contributed by atoms with E-state index in [0.717, 1.165) is 26.2 Å². The zero-order chi connectivity index (χ0) is 14.6. The first-order valence-electron chi connectivity index (χ1n) is 6.94. The van der Waals surface area contributed by atoms with Gasteiger partial charge >= 0.3 is 17.1 Å². The fourth-order valence-corrected chi connectivity index (χ4v) is 1.43. The standard InChI is InChI=1S/2C7H16NO.Cu/c2*1-4-8(3)5-7(2)6-9;/h2*7H,4-6H2,1-3H3;/q2*-1;+2. The second kappa shape index (κ2) is 16.4. The van der Waals surface area contributed by atoms with Crippen LogP contribution >= 0.6 is 0 Å². The molecule has 0 aliphatic rings. The Morgan fingerprint density at radius 1 is 0.789 bits per heavy atom. The Labute approximate surface area is 130 Å². The maximum atomic E-state index is 10.3. The zero-order valence-corrected chi connectivity index (χ0v) is 14.4. The molecule has 0 aromatic heterocycles. The summed E-state index contributed by atoms with van der Waals surface area (Å²) in [5.74, 6) is 0.602. The third kappa shape index (κ3) is 18.4. The predicted octanol–water partition coefficient (Wildman–Crippen LogP) is -0.133. The molecule has 2 unspecified atom stereocenters. The normalized spacial score (nSPS) is 13.6. The Morgan fingerprint density at radius 2 is 1.05 bits per heavy atom. The van der Waals surface area contributed by atoms with E-state index in [4.69, 9.17) is 0 Å². The van der Waals surface area contributed by atoms with Crippen LogP contribution in [0.25, 0.3) is 0 Å². The van der Waals surface area contributed by atoms with Gasteiger partial charge in [-0.2, -0.15) is 0 Å². The molecule has 0 amide bonds. The van der Waals surface area contributed by atoms with Crippen LogP contribution in [0.3, 0.4) is 0 Å². The van der Waals surface area contributed by atoms with Gasteiger partial charge in [-0.25, -0.2) is 0 Å². The molecule has 0 rings (SSSR count). The van der Waals surface area contributed by atoms with E-state index in [0.29, 0.717) is 11.8 Å². The monoisotopic (exact) mass is 323 g/mol. The van der Waals surface area contributed by atoms with E-state index in [-0.39, 0.29) is 30.3 Å². The van der Waals surface area contributed by atoms with Crippen molar-refractivity contribution in [1.82, 2.24) is 9.80 Å². The molecule has 1 radical (unpaired) electrons. The van der Waals surface area contributed by atoms with Crippen LogP contribution in [-0.2, 0) is 17.1 Å². The summed E-state index contributed by atoms with van der Waals surface area (Å²) >= 11 is 0. The Bertz CT molecular complexity index is 140. The number of hydrogen-bond donors (Lipinski definition) is 0. The summed E-state index contributed by atoms with van der Waals surface area (Å²) in [5, 5.41) is 20.5. The average molecular weight is 324 g/mol. The molecule has 4 nitrogen and oxygen atoms in total. The van der Waals surface area contributed by atoms with Crippen LogP contribution in [0.2, 0.25) is 0 Å². The minimum absolute atomic E-state index is 0. The van der Waals surface area contributed by atoms with Gasteiger partial charge in [0.1, 0.15) is 0 Å². The van der Waals surface area contributed by atoms with Crippen LogP contribution in [0.5, 0.6) is 0 Å². The summed E-state index contributed by atoms with van der Waals surface area (Å²) in [6.45, 7) is 12.2. The van der Waals surface area contributed by atoms with Gasteiger partial charge in [0, 0.05) is 0 Å². The Morgan fingerprint density at radius 3 is 1.21 bits per heavy atom. The molecule has 0 N–H and O–H groups in total. The third-order valence-electron chi connectivity index (χ3n) is 2.90. The molecule has 0 aliphatic carbocycles. The Hall–Kier alpha value is 0.359. The van der Waals surface area contributed by atoms with Crippen LogP contribution in [0.15, 0.2) is 0 Å². The number of hydrogen-bond acceptors (Lipinski definition) is 4. The molecular weight excluding hydrogens is 292 g/mol. The molecule has 5 heteroatoms. The maximum Gasteiger partial charge on any atom is 2.00 e. The van der Waals surface area contributed by atoms with Gasteiger partial charge in [0.25, 0.3) is 0 Å². The van der Waals surface area contributed by atoms with E-state index >= 15 is 0 Å². The van der Waals surface area contributed by atoms with E-state index in [1.54, 1.807) is 0 Å². The minimum Gasteiger partial charge on any atom is -0.854 e. The second-order valence-electron chi connectivity index (χ2n) is 5.25. The molecule has 0 spiro atoms. The van der Waals surface area contributed by atoms with Gasteiger partial charge in [-0.15, -0.1) is 13.2 Å². The molecule has 0 fully saturated rings. The first-order valence-corrected chi connectivity index (χ1v) is 6.94. The van der Waals surface area contributed by atoms with Gasteiger partial charge in [0.15, 0.2) is 0 Å². The van der Waals surface area contributed by atoms with Crippen molar-refractivity contribution in [3.05, 3.63) is 0 Å². The molecule has 0 saturated carbocycles. The zero-order valence-electron chi connectivity index (χ0n) is 13.4. The quantitative estimate of drug-likeness (QED) is 0.584. The minimum atomic E-state index is 0. The van der Waals surface area contributed by atoms with Gasteiger partial charge in [-0.3, -0.25) is 0 Å². The summed E-state index contributed by atoms with van der Waals surface area (Å²) in [7, 11) is 4.07. The van der Waals surface area contributed by atoms with Crippen molar-refractivity contribution < 1.29 is 27.3 Å². The molecule has 0 heterocycles. The van der Waals surface area contributed by atoms with Crippen molar-refractivity contribution in [2.24, 2.45) is 11.8 Å². The molecule has 2 atom stereocenters. The molecule has 0 aliphatic heterocycles. The van der Waals surface area contributed by atoms with Crippen LogP contribution in [0, 0.1) is 11.8 Å². The fourth-order valence-electron chi connectivity index (χ4n) is 1.43. The van der Waals surface area contributed by atoms with E-state index < -0.39 is 0 Å². The molecule has 0 bridgehead atoms. The van der Waals surface area contributed by atoms with Crippen LogP contribution in [-0.4, -0.2) is 63.3 Å². The largest absolute Gasteiger partial charge is 2.00 e. The average Bonchev–Trinajstić information content (AvgIpc) is 2.38. The van der Waals surface area contributed by atoms with E-state index in [1.807, 2.05) is 27.9 Å². The van der Waals surface area contributed by atoms with Crippen molar-refractivity contribution >= 4 is 0 Å². The van der Waals surface area contributed by atoms with Crippen molar-refractivity contribution in [1.29, 1.82) is 0 Å². The summed E-state index contributed by atoms with van der Waals surface area (Å²) in [6.07, 6.45) is 0. The van der Waals surface area contributed by atoms with Crippen molar-refractivity contribution in [3.63, 3.8) is 0 Å². The molecule has 19 heavy (non-hydrogen) atoms. The van der Waals surface area contributed by atoms with Gasteiger partial charge in [-0.1, -0.05) is 27.7 Å². The topological polar surface area (TPSA) is 52.6 Å². The summed E-state index contributed by atoms with van der Waals surface area (Å²) in [5.41, 5.74) is 0. The van der Waals surface area contributed by atoms with Gasteiger partial charge in [0.05, 0.1) is 0 Å². The second-order valence-corrected chi connectivity index (χ2v) is 5.25. The molecular formula is C14H32CuN2O2. The van der Waals surface area contributed by atoms with Crippen molar-refractivity contribution in [2.45, 2.75) is 27.7 Å². The van der Waals surface area contributed by atoms with Crippen molar-refractivity contribution in [2.75, 3.05) is 53.5 Å². The maximum absolute atomic E-state index is 10.3. The number of rotatable bonds is 8. The molecule has 121 valence electrons. The number of nitrogens with zero attached hydrogens (tertiary/aromatic N) is 2. The van der Waals surface area contributed by atoms with Gasteiger partial charge in [0.2, 0.25) is 0 Å². The Kier molecular flexibility index (Phi) is 21.1. The molecule has 0 aromatic carbocycles. The Balaban J connectivity index is -0.000000256. The van der Waals surface area contributed by atoms with E-state index in [1.165, 1.54) is 0 Å². The first kappa shape index (κ1) is 24.4. The third-order valence-corrected chi connectivity index (χ3v) is 2.90. The first-order chi connectivity index (χ1) is 8.40. The smallest absolute Gasteiger partial charge is 0.854 e. The van der Waals surface area contributed by atoms with E-state index in [2.05, 4.69) is 23.6 Å². The summed E-state index contributed by atoms with van der Waals surface area (Å²) < 4.78 is 0. The van der Waals surface area contributed by atoms with Crippen LogP contribution < -0.4 is 10.2 Å². The summed E-state index contributed by atoms with van der Waals surface area (Å²) in [4.78, 5) is 4.31. The van der Waals surface area contributed by atoms with Gasteiger partial charge < -0.3 is 20.0 Å². The SMILES string of the molecule is CCN(C)CC(C)C[O-].CCN(C)CC(C)C[O-].[Cu+2]. The van der Waals surface area contributed by atoms with Crippen LogP contribution in [0.1, 0.15) is 27.7 Å². The van der Waals surface area contributed by atoms with Crippen molar-refractivity contribution in [3.8, 4) is 0 Å². The van der Waals surface area contributed by atoms with Gasteiger partial charge in [-0.05, 0) is 52.1 Å². The van der Waals surface area contributed by atoms with E-state index in [9.17, 15) is 10.2 Å². The fraction of sp³-hybridized carbons (Fsp3) is 1.00. The molecule has 0 aromatic rings. The predicted molar refractivity (Wildman–Crippen MR) is 74.4 cm³/mol. The van der Waals surface area contributed by atoms with Crippen LogP contribution in [0.4, 0.5) is 0 Å².